The van der Waals surface area contributed by atoms with E-state index in [0.717, 1.165) is 16.7 Å². The van der Waals surface area contributed by atoms with Gasteiger partial charge in [-0.25, -0.2) is 0 Å². The maximum absolute atomic E-state index is 12.8. The van der Waals surface area contributed by atoms with E-state index in [-0.39, 0.29) is 0 Å². The molecule has 1 aliphatic heterocycles. The van der Waals surface area contributed by atoms with Gasteiger partial charge >= 0.3 is 6.18 Å². The number of rotatable bonds is 2. The Labute approximate surface area is 137 Å². The quantitative estimate of drug-likeness (QED) is 0.834. The first-order valence-corrected chi connectivity index (χ1v) is 7.83. The van der Waals surface area contributed by atoms with Gasteiger partial charge in [0.1, 0.15) is 6.04 Å². The van der Waals surface area contributed by atoms with Crippen LogP contribution in [-0.2, 0) is 7.05 Å². The molecule has 23 heavy (non-hydrogen) atoms. The summed E-state index contributed by atoms with van der Waals surface area (Å²) in [6.07, 6.45) is -4.19. The van der Waals surface area contributed by atoms with Crippen LogP contribution >= 0.6 is 11.6 Å². The number of hydrogen-bond acceptors (Lipinski definition) is 3. The molecule has 0 saturated carbocycles. The van der Waals surface area contributed by atoms with Crippen LogP contribution in [0, 0.1) is 0 Å². The summed E-state index contributed by atoms with van der Waals surface area (Å²) in [5, 5.41) is 6.07. The van der Waals surface area contributed by atoms with E-state index >= 15 is 0 Å². The summed E-state index contributed by atoms with van der Waals surface area (Å²) in [6, 6.07) is 4.14. The first-order valence-electron chi connectivity index (χ1n) is 7.45. The molecule has 0 spiro atoms. The van der Waals surface area contributed by atoms with E-state index in [2.05, 4.69) is 5.10 Å². The Morgan fingerprint density at radius 1 is 1.17 bits per heavy atom. The van der Waals surface area contributed by atoms with E-state index in [1.807, 2.05) is 24.1 Å². The minimum Gasteiger partial charge on any atom is -0.352 e. The summed E-state index contributed by atoms with van der Waals surface area (Å²) in [6.45, 7) is 2.96. The lowest BCUT2D eigenvalue weighted by atomic mass is 10.2. The van der Waals surface area contributed by atoms with Crippen molar-refractivity contribution in [2.45, 2.75) is 19.1 Å². The molecule has 0 unspecified atom stereocenters. The van der Waals surface area contributed by atoms with Crippen LogP contribution in [-0.4, -0.2) is 53.1 Å². The third-order valence-electron chi connectivity index (χ3n) is 4.43. The van der Waals surface area contributed by atoms with Crippen LogP contribution in [0.4, 0.5) is 19.0 Å². The lowest BCUT2D eigenvalue weighted by Crippen LogP contribution is -2.53. The number of nitrogens with zero attached hydrogens (tertiary/aromatic N) is 4. The first kappa shape index (κ1) is 16.4. The minimum atomic E-state index is -4.19. The Morgan fingerprint density at radius 3 is 2.43 bits per heavy atom. The Kier molecular flexibility index (Phi) is 4.18. The van der Waals surface area contributed by atoms with Crippen molar-refractivity contribution < 1.29 is 13.2 Å². The Morgan fingerprint density at radius 2 is 1.83 bits per heavy atom. The zero-order valence-corrected chi connectivity index (χ0v) is 13.7. The molecule has 3 rings (SSSR count). The summed E-state index contributed by atoms with van der Waals surface area (Å²) >= 11 is 6.06. The van der Waals surface area contributed by atoms with E-state index in [4.69, 9.17) is 11.6 Å². The molecule has 1 aromatic heterocycles. The third-order valence-corrected chi connectivity index (χ3v) is 4.66. The van der Waals surface area contributed by atoms with Gasteiger partial charge in [-0.3, -0.25) is 9.58 Å². The monoisotopic (exact) mass is 346 g/mol. The number of piperazine rings is 1. The van der Waals surface area contributed by atoms with E-state index in [1.165, 1.54) is 11.8 Å². The predicted octanol–water partition coefficient (Wildman–Crippen LogP) is 3.30. The minimum absolute atomic E-state index is 0.360. The van der Waals surface area contributed by atoms with Gasteiger partial charge in [0, 0.05) is 43.6 Å². The van der Waals surface area contributed by atoms with Crippen molar-refractivity contribution in [3.05, 3.63) is 23.2 Å². The molecule has 0 N–H and O–H groups in total. The highest BCUT2D eigenvalue weighted by molar-refractivity contribution is 6.31. The SMILES string of the molecule is C[C@H](N1CCN(c2nn(C)c3ccc(Cl)cc23)CC1)C(F)(F)F. The van der Waals surface area contributed by atoms with Crippen molar-refractivity contribution >= 4 is 28.3 Å². The summed E-state index contributed by atoms with van der Waals surface area (Å²) < 4.78 is 40.2. The Hall–Kier alpha value is -1.47. The Balaban J connectivity index is 1.79. The highest BCUT2D eigenvalue weighted by atomic mass is 35.5. The van der Waals surface area contributed by atoms with Gasteiger partial charge in [-0.05, 0) is 25.1 Å². The molecule has 4 nitrogen and oxygen atoms in total. The van der Waals surface area contributed by atoms with E-state index in [0.29, 0.717) is 31.2 Å². The second-order valence-corrected chi connectivity index (χ2v) is 6.29. The fraction of sp³-hybridized carbons (Fsp3) is 0.533. The van der Waals surface area contributed by atoms with Gasteiger partial charge in [-0.2, -0.15) is 18.3 Å². The van der Waals surface area contributed by atoms with E-state index in [1.54, 1.807) is 10.7 Å². The predicted molar refractivity (Wildman–Crippen MR) is 85.0 cm³/mol. The summed E-state index contributed by atoms with van der Waals surface area (Å²) in [5.41, 5.74) is 0.954. The number of aromatic nitrogens is 2. The molecule has 2 heterocycles. The highest BCUT2D eigenvalue weighted by Crippen LogP contribution is 2.30. The van der Waals surface area contributed by atoms with Gasteiger partial charge in [0.15, 0.2) is 5.82 Å². The first-order chi connectivity index (χ1) is 10.8. The normalized spacial score (nSPS) is 18.6. The molecular formula is C15H18ClF3N4. The largest absolute Gasteiger partial charge is 0.403 e. The van der Waals surface area contributed by atoms with Gasteiger partial charge < -0.3 is 4.90 Å². The van der Waals surface area contributed by atoms with Crippen LogP contribution in [0.15, 0.2) is 18.2 Å². The molecule has 8 heteroatoms. The van der Waals surface area contributed by atoms with Gasteiger partial charge in [-0.1, -0.05) is 11.6 Å². The Bertz CT molecular complexity index is 705. The van der Waals surface area contributed by atoms with Crippen molar-refractivity contribution in [1.29, 1.82) is 0 Å². The molecule has 0 aliphatic carbocycles. The van der Waals surface area contributed by atoms with E-state index in [9.17, 15) is 13.2 Å². The molecule has 1 aromatic carbocycles. The van der Waals surface area contributed by atoms with Crippen LogP contribution < -0.4 is 4.90 Å². The number of fused-ring (bicyclic) bond motifs is 1. The van der Waals surface area contributed by atoms with Crippen LogP contribution in [0.25, 0.3) is 10.9 Å². The average molecular weight is 347 g/mol. The lowest BCUT2D eigenvalue weighted by Gasteiger charge is -2.38. The van der Waals surface area contributed by atoms with Crippen LogP contribution in [0.5, 0.6) is 0 Å². The highest BCUT2D eigenvalue weighted by Gasteiger charge is 2.41. The summed E-state index contributed by atoms with van der Waals surface area (Å²) in [4.78, 5) is 3.49. The molecule has 1 fully saturated rings. The number of hydrogen-bond donors (Lipinski definition) is 0. The standard InChI is InChI=1S/C15H18ClF3N4/c1-10(15(17,18)19)22-5-7-23(8-6-22)14-12-9-11(16)3-4-13(12)21(2)20-14/h3-4,9-10H,5-8H2,1-2H3/t10-/m0/s1. The third kappa shape index (κ3) is 3.12. The van der Waals surface area contributed by atoms with E-state index < -0.39 is 12.2 Å². The van der Waals surface area contributed by atoms with Gasteiger partial charge in [0.2, 0.25) is 0 Å². The maximum Gasteiger partial charge on any atom is 0.403 e. The topological polar surface area (TPSA) is 24.3 Å². The molecule has 1 saturated heterocycles. The fourth-order valence-electron chi connectivity index (χ4n) is 2.98. The van der Waals surface area contributed by atoms with Crippen molar-refractivity contribution in [1.82, 2.24) is 14.7 Å². The number of anilines is 1. The number of benzene rings is 1. The maximum atomic E-state index is 12.8. The zero-order chi connectivity index (χ0) is 16.8. The molecule has 2 aromatic rings. The fourth-order valence-corrected chi connectivity index (χ4v) is 3.15. The molecule has 126 valence electrons. The molecule has 1 aliphatic rings. The second kappa shape index (κ2) is 5.87. The summed E-state index contributed by atoms with van der Waals surface area (Å²) in [7, 11) is 1.85. The second-order valence-electron chi connectivity index (χ2n) is 5.85. The number of alkyl halides is 3. The zero-order valence-electron chi connectivity index (χ0n) is 12.9. The van der Waals surface area contributed by atoms with Gasteiger partial charge in [-0.15, -0.1) is 0 Å². The number of halogens is 4. The molecule has 0 bridgehead atoms. The molecule has 1 atom stereocenters. The van der Waals surface area contributed by atoms with Crippen LogP contribution in [0.1, 0.15) is 6.92 Å². The molecular weight excluding hydrogens is 329 g/mol. The average Bonchev–Trinajstić information content (AvgIpc) is 2.82. The smallest absolute Gasteiger partial charge is 0.352 e. The molecule has 0 amide bonds. The van der Waals surface area contributed by atoms with Gasteiger partial charge in [0.05, 0.1) is 5.52 Å². The van der Waals surface area contributed by atoms with Crippen LogP contribution in [0.3, 0.4) is 0 Å². The summed E-state index contributed by atoms with van der Waals surface area (Å²) in [5.74, 6) is 0.782. The van der Waals surface area contributed by atoms with Gasteiger partial charge in [0.25, 0.3) is 0 Å². The van der Waals surface area contributed by atoms with Crippen LogP contribution in [0.2, 0.25) is 5.02 Å². The van der Waals surface area contributed by atoms with Crippen molar-refractivity contribution in [3.63, 3.8) is 0 Å². The lowest BCUT2D eigenvalue weighted by molar-refractivity contribution is -0.179. The van der Waals surface area contributed by atoms with Crippen molar-refractivity contribution in [2.75, 3.05) is 31.1 Å². The number of aryl methyl sites for hydroxylation is 1. The van der Waals surface area contributed by atoms with Crippen molar-refractivity contribution in [2.24, 2.45) is 7.05 Å². The molecule has 0 radical (unpaired) electrons. The van der Waals surface area contributed by atoms with Crippen molar-refractivity contribution in [3.8, 4) is 0 Å².